The van der Waals surface area contributed by atoms with Crippen LogP contribution >= 0.6 is 0 Å². The molecule has 1 N–H and O–H groups in total. The first-order valence-electron chi connectivity index (χ1n) is 14.4. The van der Waals surface area contributed by atoms with Gasteiger partial charge in [-0.15, -0.1) is 0 Å². The number of fused-ring (bicyclic) bond motifs is 5. The lowest BCUT2D eigenvalue weighted by Crippen LogP contribution is -2.57. The maximum atomic E-state index is 10.8. The van der Waals surface area contributed by atoms with Crippen LogP contribution in [0.2, 0.25) is 0 Å². The molecular formula is C32H54O. The predicted molar refractivity (Wildman–Crippen MR) is 142 cm³/mol. The van der Waals surface area contributed by atoms with Crippen LogP contribution in [0.15, 0.2) is 23.8 Å². The van der Waals surface area contributed by atoms with Gasteiger partial charge in [0.05, 0.1) is 6.10 Å². The zero-order valence-electron chi connectivity index (χ0n) is 23.3. The van der Waals surface area contributed by atoms with Gasteiger partial charge in [0, 0.05) is 0 Å². The van der Waals surface area contributed by atoms with Crippen LogP contribution in [-0.2, 0) is 0 Å². The first-order chi connectivity index (χ1) is 15.3. The van der Waals surface area contributed by atoms with Gasteiger partial charge in [0.2, 0.25) is 0 Å². The number of allylic oxidation sites excluding steroid dienone is 3. The topological polar surface area (TPSA) is 20.2 Å². The summed E-state index contributed by atoms with van der Waals surface area (Å²) >= 11 is 0. The third kappa shape index (κ3) is 3.65. The SMILES string of the molecule is C=C(C)C(CC)CCC(C)C1CCC2(C)C3CCC4C(C)(CCC(O)C4(C)C)C3=CCC12C. The van der Waals surface area contributed by atoms with Crippen LogP contribution in [0.1, 0.15) is 120 Å². The molecular weight excluding hydrogens is 400 g/mol. The highest BCUT2D eigenvalue weighted by Gasteiger charge is 2.65. The van der Waals surface area contributed by atoms with E-state index in [9.17, 15) is 5.11 Å². The van der Waals surface area contributed by atoms with Crippen LogP contribution < -0.4 is 0 Å². The molecule has 0 bridgehead atoms. The van der Waals surface area contributed by atoms with Crippen LogP contribution in [0.3, 0.4) is 0 Å². The average Bonchev–Trinajstić information content (AvgIpc) is 3.03. The Bertz CT molecular complexity index is 790. The molecule has 9 atom stereocenters. The Morgan fingerprint density at radius 2 is 1.73 bits per heavy atom. The van der Waals surface area contributed by atoms with Crippen molar-refractivity contribution in [3.05, 3.63) is 23.8 Å². The van der Waals surface area contributed by atoms with Crippen LogP contribution in [0.4, 0.5) is 0 Å². The highest BCUT2D eigenvalue weighted by molar-refractivity contribution is 5.32. The van der Waals surface area contributed by atoms with E-state index in [4.69, 9.17) is 0 Å². The second-order valence-corrected chi connectivity index (χ2v) is 14.3. The van der Waals surface area contributed by atoms with Crippen molar-refractivity contribution in [2.24, 2.45) is 51.2 Å². The van der Waals surface area contributed by atoms with Crippen molar-refractivity contribution >= 4 is 0 Å². The first kappa shape index (κ1) is 25.5. The summed E-state index contributed by atoms with van der Waals surface area (Å²) in [6.07, 6.45) is 15.4. The fourth-order valence-corrected chi connectivity index (χ4v) is 10.1. The summed E-state index contributed by atoms with van der Waals surface area (Å²) in [6.45, 7) is 24.0. The van der Waals surface area contributed by atoms with E-state index < -0.39 is 0 Å². The molecule has 4 aliphatic rings. The second-order valence-electron chi connectivity index (χ2n) is 14.3. The summed E-state index contributed by atoms with van der Waals surface area (Å²) in [5.41, 5.74) is 4.37. The molecule has 4 aliphatic carbocycles. The molecule has 4 rings (SSSR count). The third-order valence-electron chi connectivity index (χ3n) is 12.7. The standard InChI is InChI=1S/C32H54O/c1-10-23(21(2)3)12-11-22(4)24-15-19-32(9)26-13-14-27-29(5,6)28(33)17-18-30(27,7)25(26)16-20-31(24,32)8/h16,22-24,26-28,33H,2,10-15,17-20H2,1,3-9H3. The quantitative estimate of drug-likeness (QED) is 0.397. The second kappa shape index (κ2) is 8.53. The van der Waals surface area contributed by atoms with E-state index in [0.29, 0.717) is 22.7 Å². The number of aliphatic hydroxyl groups excluding tert-OH is 1. The third-order valence-corrected chi connectivity index (χ3v) is 12.7. The van der Waals surface area contributed by atoms with Gasteiger partial charge in [-0.3, -0.25) is 0 Å². The lowest BCUT2D eigenvalue weighted by molar-refractivity contribution is -0.118. The van der Waals surface area contributed by atoms with E-state index in [0.717, 1.165) is 24.2 Å². The van der Waals surface area contributed by atoms with Crippen molar-refractivity contribution in [3.63, 3.8) is 0 Å². The summed E-state index contributed by atoms with van der Waals surface area (Å²) in [5.74, 6) is 3.72. The highest BCUT2D eigenvalue weighted by Crippen LogP contribution is 2.73. The number of hydrogen-bond donors (Lipinski definition) is 1. The molecule has 3 fully saturated rings. The van der Waals surface area contributed by atoms with Crippen molar-refractivity contribution in [2.45, 2.75) is 126 Å². The van der Waals surface area contributed by atoms with E-state index in [-0.39, 0.29) is 16.9 Å². The molecule has 33 heavy (non-hydrogen) atoms. The molecule has 0 saturated heterocycles. The van der Waals surface area contributed by atoms with Gasteiger partial charge in [0.15, 0.2) is 0 Å². The molecule has 0 heterocycles. The van der Waals surface area contributed by atoms with Crippen molar-refractivity contribution in [1.82, 2.24) is 0 Å². The fourth-order valence-electron chi connectivity index (χ4n) is 10.1. The minimum atomic E-state index is -0.139. The Balaban J connectivity index is 1.59. The minimum absolute atomic E-state index is 0.0340. The molecule has 0 aromatic rings. The van der Waals surface area contributed by atoms with Gasteiger partial charge in [-0.2, -0.15) is 0 Å². The van der Waals surface area contributed by atoms with Crippen LogP contribution in [0, 0.1) is 51.2 Å². The highest BCUT2D eigenvalue weighted by atomic mass is 16.3. The number of aliphatic hydroxyl groups is 1. The number of hydrogen-bond acceptors (Lipinski definition) is 1. The lowest BCUT2D eigenvalue weighted by Gasteiger charge is -2.64. The summed E-state index contributed by atoms with van der Waals surface area (Å²) in [6, 6.07) is 0. The van der Waals surface area contributed by atoms with Crippen LogP contribution in [0.25, 0.3) is 0 Å². The maximum Gasteiger partial charge on any atom is 0.0594 e. The molecule has 1 heteroatoms. The van der Waals surface area contributed by atoms with Crippen molar-refractivity contribution in [3.8, 4) is 0 Å². The van der Waals surface area contributed by atoms with Gasteiger partial charge in [-0.1, -0.05) is 72.3 Å². The zero-order valence-corrected chi connectivity index (χ0v) is 23.3. The summed E-state index contributed by atoms with van der Waals surface area (Å²) in [5, 5.41) is 10.8. The average molecular weight is 455 g/mol. The van der Waals surface area contributed by atoms with E-state index >= 15 is 0 Å². The Hall–Kier alpha value is -0.560. The molecule has 1 nitrogen and oxygen atoms in total. The van der Waals surface area contributed by atoms with E-state index in [2.05, 4.69) is 68.0 Å². The molecule has 0 amide bonds. The van der Waals surface area contributed by atoms with Crippen LogP contribution in [-0.4, -0.2) is 11.2 Å². The van der Waals surface area contributed by atoms with Crippen LogP contribution in [0.5, 0.6) is 0 Å². The normalized spacial score (nSPS) is 45.9. The van der Waals surface area contributed by atoms with Gasteiger partial charge < -0.3 is 5.11 Å². The van der Waals surface area contributed by atoms with Gasteiger partial charge in [0.1, 0.15) is 0 Å². The van der Waals surface area contributed by atoms with E-state index in [1.165, 1.54) is 63.4 Å². The van der Waals surface area contributed by atoms with Crippen molar-refractivity contribution < 1.29 is 5.11 Å². The molecule has 9 unspecified atom stereocenters. The van der Waals surface area contributed by atoms with Crippen molar-refractivity contribution in [2.75, 3.05) is 0 Å². The smallest absolute Gasteiger partial charge is 0.0594 e. The minimum Gasteiger partial charge on any atom is -0.393 e. The Kier molecular flexibility index (Phi) is 6.60. The summed E-state index contributed by atoms with van der Waals surface area (Å²) in [7, 11) is 0. The van der Waals surface area contributed by atoms with Gasteiger partial charge in [-0.25, -0.2) is 0 Å². The molecule has 188 valence electrons. The Morgan fingerprint density at radius 1 is 1.03 bits per heavy atom. The Morgan fingerprint density at radius 3 is 2.36 bits per heavy atom. The molecule has 0 aliphatic heterocycles. The first-order valence-corrected chi connectivity index (χ1v) is 14.4. The monoisotopic (exact) mass is 454 g/mol. The largest absolute Gasteiger partial charge is 0.393 e. The van der Waals surface area contributed by atoms with Crippen molar-refractivity contribution in [1.29, 1.82) is 0 Å². The molecule has 0 aromatic carbocycles. The van der Waals surface area contributed by atoms with E-state index in [1.54, 1.807) is 5.57 Å². The lowest BCUT2D eigenvalue weighted by atomic mass is 9.41. The van der Waals surface area contributed by atoms with E-state index in [1.807, 2.05) is 0 Å². The van der Waals surface area contributed by atoms with Gasteiger partial charge >= 0.3 is 0 Å². The van der Waals surface area contributed by atoms with Gasteiger partial charge in [0.25, 0.3) is 0 Å². The summed E-state index contributed by atoms with van der Waals surface area (Å²) in [4.78, 5) is 0. The predicted octanol–water partition coefficient (Wildman–Crippen LogP) is 8.97. The zero-order chi connectivity index (χ0) is 24.4. The summed E-state index contributed by atoms with van der Waals surface area (Å²) < 4.78 is 0. The number of rotatable bonds is 6. The molecule has 0 spiro atoms. The molecule has 3 saturated carbocycles. The van der Waals surface area contributed by atoms with Gasteiger partial charge in [-0.05, 0) is 122 Å². The molecule has 0 radical (unpaired) electrons. The molecule has 0 aromatic heterocycles. The maximum absolute atomic E-state index is 10.8. The Labute approximate surface area is 205 Å². The fraction of sp³-hybridized carbons (Fsp3) is 0.875.